The average molecular weight is 206 g/mol. The molecule has 0 radical (unpaired) electrons. The van der Waals surface area contributed by atoms with Gasteiger partial charge >= 0.3 is 0 Å². The molecule has 0 atom stereocenters. The van der Waals surface area contributed by atoms with Crippen LogP contribution in [-0.4, -0.2) is 15.2 Å². The van der Waals surface area contributed by atoms with Gasteiger partial charge in [-0.3, -0.25) is 0 Å². The fourth-order valence-electron chi connectivity index (χ4n) is 1.14. The molecule has 0 aliphatic carbocycles. The highest BCUT2D eigenvalue weighted by atomic mass is 16.5. The first kappa shape index (κ1) is 9.67. The molecule has 2 rings (SSSR count). The summed E-state index contributed by atoms with van der Waals surface area (Å²) in [5.74, 6) is 1.16. The van der Waals surface area contributed by atoms with Crippen molar-refractivity contribution in [3.63, 3.8) is 0 Å². The Morgan fingerprint density at radius 1 is 1.40 bits per heavy atom. The van der Waals surface area contributed by atoms with Crippen molar-refractivity contribution in [1.29, 1.82) is 0 Å². The smallest absolute Gasteiger partial charge is 0.213 e. The Kier molecular flexibility index (Phi) is 2.94. The van der Waals surface area contributed by atoms with Crippen LogP contribution in [0.1, 0.15) is 11.4 Å². The summed E-state index contributed by atoms with van der Waals surface area (Å²) in [6.45, 7) is 0.255. The van der Waals surface area contributed by atoms with Gasteiger partial charge in [0.25, 0.3) is 0 Å². The van der Waals surface area contributed by atoms with E-state index in [2.05, 4.69) is 14.7 Å². The maximum atomic E-state index is 8.92. The van der Waals surface area contributed by atoms with Crippen LogP contribution < -0.4 is 4.74 Å². The molecular weight excluding hydrogens is 196 g/mol. The molecule has 0 unspecified atom stereocenters. The molecule has 0 aliphatic rings. The third-order valence-corrected chi connectivity index (χ3v) is 1.86. The van der Waals surface area contributed by atoms with E-state index in [1.807, 2.05) is 12.1 Å². The van der Waals surface area contributed by atoms with E-state index in [0.717, 1.165) is 5.56 Å². The molecule has 0 bridgehead atoms. The first-order chi connectivity index (χ1) is 7.38. The number of aromatic nitrogens is 2. The van der Waals surface area contributed by atoms with Crippen LogP contribution in [0.5, 0.6) is 5.75 Å². The molecule has 78 valence electrons. The lowest BCUT2D eigenvalue weighted by Gasteiger charge is -2.04. The van der Waals surface area contributed by atoms with Crippen molar-refractivity contribution in [3.8, 4) is 5.75 Å². The summed E-state index contributed by atoms with van der Waals surface area (Å²) < 4.78 is 9.96. The molecule has 0 fully saturated rings. The van der Waals surface area contributed by atoms with E-state index in [4.69, 9.17) is 9.84 Å². The molecule has 2 aromatic rings. The minimum Gasteiger partial charge on any atom is -0.485 e. The maximum Gasteiger partial charge on any atom is 0.213 e. The largest absolute Gasteiger partial charge is 0.485 e. The van der Waals surface area contributed by atoms with Crippen LogP contribution in [0.4, 0.5) is 0 Å². The Labute approximate surface area is 86.3 Å². The number of nitrogens with zero attached hydrogens (tertiary/aromatic N) is 2. The lowest BCUT2D eigenvalue weighted by molar-refractivity contribution is 0.274. The molecule has 15 heavy (non-hydrogen) atoms. The van der Waals surface area contributed by atoms with Crippen molar-refractivity contribution in [1.82, 2.24) is 10.1 Å². The van der Waals surface area contributed by atoms with E-state index >= 15 is 0 Å². The third kappa shape index (κ3) is 2.54. The van der Waals surface area contributed by atoms with Gasteiger partial charge < -0.3 is 14.4 Å². The number of hydrogen-bond donors (Lipinski definition) is 1. The van der Waals surface area contributed by atoms with Crippen LogP contribution in [0.25, 0.3) is 0 Å². The normalized spacial score (nSPS) is 10.2. The van der Waals surface area contributed by atoms with E-state index < -0.39 is 0 Å². The summed E-state index contributed by atoms with van der Waals surface area (Å²) in [4.78, 5) is 3.82. The summed E-state index contributed by atoms with van der Waals surface area (Å²) in [6.07, 6.45) is 1.25. The van der Waals surface area contributed by atoms with E-state index in [1.54, 1.807) is 12.1 Å². The highest BCUT2D eigenvalue weighted by Gasteiger charge is 2.00. The number of ether oxygens (including phenoxy) is 1. The summed E-state index contributed by atoms with van der Waals surface area (Å²) >= 11 is 0. The molecule has 5 nitrogen and oxygen atoms in total. The van der Waals surface area contributed by atoms with Gasteiger partial charge in [-0.1, -0.05) is 17.3 Å². The minimum absolute atomic E-state index is 0.000585. The topological polar surface area (TPSA) is 68.4 Å². The summed E-state index contributed by atoms with van der Waals surface area (Å²) in [6, 6.07) is 7.21. The number of aliphatic hydroxyl groups excluding tert-OH is 1. The van der Waals surface area contributed by atoms with Gasteiger partial charge in [0.2, 0.25) is 12.2 Å². The molecule has 0 saturated carbocycles. The Morgan fingerprint density at radius 2 is 2.33 bits per heavy atom. The number of hydrogen-bond acceptors (Lipinski definition) is 5. The highest BCUT2D eigenvalue weighted by molar-refractivity contribution is 5.27. The van der Waals surface area contributed by atoms with Crippen LogP contribution in [0, 0.1) is 0 Å². The number of aliphatic hydroxyl groups is 1. The van der Waals surface area contributed by atoms with Gasteiger partial charge in [-0.2, -0.15) is 4.98 Å². The van der Waals surface area contributed by atoms with Crippen molar-refractivity contribution in [2.45, 2.75) is 13.2 Å². The van der Waals surface area contributed by atoms with Crippen LogP contribution in [0.3, 0.4) is 0 Å². The highest BCUT2D eigenvalue weighted by Crippen LogP contribution is 2.14. The van der Waals surface area contributed by atoms with Crippen molar-refractivity contribution < 1.29 is 14.4 Å². The molecule has 1 aromatic heterocycles. The second-order valence-corrected chi connectivity index (χ2v) is 2.94. The predicted octanol–water partition coefficient (Wildman–Crippen LogP) is 1.14. The molecular formula is C10H10N2O3. The first-order valence-corrected chi connectivity index (χ1v) is 4.46. The second-order valence-electron chi connectivity index (χ2n) is 2.94. The van der Waals surface area contributed by atoms with Gasteiger partial charge in [0.1, 0.15) is 5.75 Å². The van der Waals surface area contributed by atoms with E-state index in [-0.39, 0.29) is 13.2 Å². The molecule has 0 spiro atoms. The molecule has 1 N–H and O–H groups in total. The molecule has 0 saturated heterocycles. The molecule has 5 heteroatoms. The molecule has 1 aromatic carbocycles. The fourth-order valence-corrected chi connectivity index (χ4v) is 1.14. The summed E-state index contributed by atoms with van der Waals surface area (Å²) in [5, 5.41) is 12.5. The Balaban J connectivity index is 1.98. The van der Waals surface area contributed by atoms with E-state index in [9.17, 15) is 0 Å². The van der Waals surface area contributed by atoms with Crippen molar-refractivity contribution in [2.75, 3.05) is 0 Å². The maximum absolute atomic E-state index is 8.92. The van der Waals surface area contributed by atoms with Crippen molar-refractivity contribution in [2.24, 2.45) is 0 Å². The monoisotopic (exact) mass is 206 g/mol. The zero-order valence-corrected chi connectivity index (χ0v) is 7.96. The van der Waals surface area contributed by atoms with Gasteiger partial charge in [0.15, 0.2) is 6.61 Å². The van der Waals surface area contributed by atoms with Crippen molar-refractivity contribution in [3.05, 3.63) is 42.0 Å². The Bertz CT molecular complexity index is 414. The van der Waals surface area contributed by atoms with Gasteiger partial charge in [0, 0.05) is 0 Å². The number of rotatable bonds is 4. The quantitative estimate of drug-likeness (QED) is 0.812. The van der Waals surface area contributed by atoms with Crippen molar-refractivity contribution >= 4 is 0 Å². The fraction of sp³-hybridized carbons (Fsp3) is 0.200. The Morgan fingerprint density at radius 3 is 3.07 bits per heavy atom. The van der Waals surface area contributed by atoms with Crippen LogP contribution in [0.15, 0.2) is 35.2 Å². The SMILES string of the molecule is OCc1cccc(OCc2ncon2)c1. The second kappa shape index (κ2) is 4.56. The zero-order chi connectivity index (χ0) is 10.5. The minimum atomic E-state index is -0.000585. The predicted molar refractivity (Wildman–Crippen MR) is 51.0 cm³/mol. The summed E-state index contributed by atoms with van der Waals surface area (Å²) in [5.41, 5.74) is 0.806. The molecule has 1 heterocycles. The molecule has 0 amide bonds. The van der Waals surface area contributed by atoms with Crippen LogP contribution in [-0.2, 0) is 13.2 Å². The van der Waals surface area contributed by atoms with Crippen LogP contribution >= 0.6 is 0 Å². The number of benzene rings is 1. The lowest BCUT2D eigenvalue weighted by Crippen LogP contribution is -1.97. The lowest BCUT2D eigenvalue weighted by atomic mass is 10.2. The summed E-state index contributed by atoms with van der Waals surface area (Å²) in [7, 11) is 0. The standard InChI is InChI=1S/C10H10N2O3/c13-5-8-2-1-3-9(4-8)14-6-10-11-7-15-12-10/h1-4,7,13H,5-6H2. The molecule has 0 aliphatic heterocycles. The third-order valence-electron chi connectivity index (χ3n) is 1.86. The first-order valence-electron chi connectivity index (χ1n) is 4.46. The zero-order valence-electron chi connectivity index (χ0n) is 7.96. The Hall–Kier alpha value is -1.88. The van der Waals surface area contributed by atoms with Gasteiger partial charge in [-0.25, -0.2) is 0 Å². The average Bonchev–Trinajstić information content (AvgIpc) is 2.79. The van der Waals surface area contributed by atoms with E-state index in [1.165, 1.54) is 6.39 Å². The van der Waals surface area contributed by atoms with Gasteiger partial charge in [-0.05, 0) is 17.7 Å². The van der Waals surface area contributed by atoms with Crippen LogP contribution in [0.2, 0.25) is 0 Å². The van der Waals surface area contributed by atoms with Gasteiger partial charge in [0.05, 0.1) is 6.61 Å². The van der Waals surface area contributed by atoms with E-state index in [0.29, 0.717) is 11.6 Å². The van der Waals surface area contributed by atoms with Gasteiger partial charge in [-0.15, -0.1) is 0 Å².